The first-order valence-electron chi connectivity index (χ1n) is 14.5. The number of nitrogens with zero attached hydrogens (tertiary/aromatic N) is 3. The van der Waals surface area contributed by atoms with Crippen molar-refractivity contribution < 1.29 is 18.0 Å². The van der Waals surface area contributed by atoms with Crippen molar-refractivity contribution in [1.82, 2.24) is 14.8 Å². The predicted octanol–water partition coefficient (Wildman–Crippen LogP) is 8.54. The van der Waals surface area contributed by atoms with Crippen molar-refractivity contribution >= 4 is 45.8 Å². The molecule has 4 aromatic rings. The van der Waals surface area contributed by atoms with E-state index in [1.165, 1.54) is 25.0 Å². The van der Waals surface area contributed by atoms with Gasteiger partial charge in [0, 0.05) is 31.1 Å². The van der Waals surface area contributed by atoms with E-state index in [0.717, 1.165) is 61.1 Å². The first-order valence-corrected chi connectivity index (χ1v) is 15.2. The lowest BCUT2D eigenvalue weighted by Crippen LogP contribution is -2.42. The van der Waals surface area contributed by atoms with Crippen LogP contribution in [0.2, 0.25) is 10.0 Å². The van der Waals surface area contributed by atoms with Crippen LogP contribution in [0.4, 0.5) is 19.0 Å². The summed E-state index contributed by atoms with van der Waals surface area (Å²) in [4.78, 5) is 23.4. The molecule has 10 heteroatoms. The minimum Gasteiger partial charge on any atom is -0.366 e. The van der Waals surface area contributed by atoms with Crippen molar-refractivity contribution in [3.8, 4) is 11.1 Å². The van der Waals surface area contributed by atoms with E-state index in [9.17, 15) is 18.0 Å². The van der Waals surface area contributed by atoms with Crippen molar-refractivity contribution in [3.05, 3.63) is 93.5 Å². The fourth-order valence-electron chi connectivity index (χ4n) is 6.07. The largest absolute Gasteiger partial charge is 0.416 e. The molecule has 2 fully saturated rings. The maximum Gasteiger partial charge on any atom is 0.416 e. The molecule has 224 valence electrons. The van der Waals surface area contributed by atoms with Crippen molar-refractivity contribution in [2.75, 3.05) is 31.5 Å². The molecular weight excluding hydrogens is 596 g/mol. The standard InChI is InChI=1S/C33H31Cl2F3N4O/c34-28-12-8-22(16-29(28)35)23-7-11-26-27(32(43)42-15-3-4-25(42)20-41-13-1-2-14-41)18-31(40-30(26)17-23)39-19-21-5-9-24(10-6-21)33(36,37)38/h5-12,16-18,25H,1-4,13-15,19-20H2,(H,39,40)/t25-/m0/s1. The molecule has 0 radical (unpaired) electrons. The van der Waals surface area contributed by atoms with Crippen LogP contribution in [-0.4, -0.2) is 52.9 Å². The van der Waals surface area contributed by atoms with Gasteiger partial charge in [-0.15, -0.1) is 0 Å². The monoisotopic (exact) mass is 626 g/mol. The number of pyridine rings is 1. The molecule has 0 bridgehead atoms. The molecule has 2 aliphatic heterocycles. The number of hydrogen-bond acceptors (Lipinski definition) is 4. The Labute approximate surface area is 258 Å². The third-order valence-corrected chi connectivity index (χ3v) is 9.09. The van der Waals surface area contributed by atoms with Gasteiger partial charge in [0.15, 0.2) is 0 Å². The molecule has 1 amide bonds. The molecule has 43 heavy (non-hydrogen) atoms. The van der Waals surface area contributed by atoms with E-state index in [1.54, 1.807) is 18.2 Å². The summed E-state index contributed by atoms with van der Waals surface area (Å²) >= 11 is 12.4. The van der Waals surface area contributed by atoms with Gasteiger partial charge in [-0.05, 0) is 91.9 Å². The van der Waals surface area contributed by atoms with Crippen LogP contribution >= 0.6 is 23.2 Å². The Morgan fingerprint density at radius 3 is 2.33 bits per heavy atom. The van der Waals surface area contributed by atoms with Crippen LogP contribution in [0, 0.1) is 0 Å². The fourth-order valence-corrected chi connectivity index (χ4v) is 6.36. The van der Waals surface area contributed by atoms with Gasteiger partial charge in [-0.3, -0.25) is 4.79 Å². The Balaban J connectivity index is 1.34. The number of alkyl halides is 3. The zero-order valence-electron chi connectivity index (χ0n) is 23.4. The van der Waals surface area contributed by atoms with E-state index in [0.29, 0.717) is 39.1 Å². The van der Waals surface area contributed by atoms with Crippen LogP contribution < -0.4 is 5.32 Å². The summed E-state index contributed by atoms with van der Waals surface area (Å²) in [6, 6.07) is 18.1. The van der Waals surface area contributed by atoms with Crippen LogP contribution in [0.15, 0.2) is 66.7 Å². The molecule has 1 atom stereocenters. The molecule has 0 aliphatic carbocycles. The molecule has 0 unspecified atom stereocenters. The third kappa shape index (κ3) is 6.61. The number of anilines is 1. The quantitative estimate of drug-likeness (QED) is 0.223. The summed E-state index contributed by atoms with van der Waals surface area (Å²) in [6.45, 7) is 3.99. The van der Waals surface area contributed by atoms with Crippen molar-refractivity contribution in [2.45, 2.75) is 44.4 Å². The first kappa shape index (κ1) is 29.7. The van der Waals surface area contributed by atoms with Gasteiger partial charge >= 0.3 is 6.18 Å². The lowest BCUT2D eigenvalue weighted by molar-refractivity contribution is -0.137. The van der Waals surface area contributed by atoms with Crippen LogP contribution in [0.3, 0.4) is 0 Å². The second-order valence-corrected chi connectivity index (χ2v) is 12.1. The van der Waals surface area contributed by atoms with Gasteiger partial charge in [0.2, 0.25) is 0 Å². The number of nitrogens with one attached hydrogen (secondary N) is 1. The van der Waals surface area contributed by atoms with Crippen LogP contribution in [-0.2, 0) is 12.7 Å². The number of carbonyl (C=O) groups excluding carboxylic acids is 1. The third-order valence-electron chi connectivity index (χ3n) is 8.35. The van der Waals surface area contributed by atoms with Gasteiger partial charge in [0.05, 0.1) is 26.7 Å². The van der Waals surface area contributed by atoms with Gasteiger partial charge in [0.1, 0.15) is 5.82 Å². The number of likely N-dealkylation sites (tertiary alicyclic amines) is 2. The Morgan fingerprint density at radius 1 is 0.884 bits per heavy atom. The molecule has 2 aliphatic rings. The van der Waals surface area contributed by atoms with Gasteiger partial charge in [0.25, 0.3) is 5.91 Å². The second kappa shape index (κ2) is 12.3. The van der Waals surface area contributed by atoms with Crippen LogP contribution in [0.5, 0.6) is 0 Å². The molecule has 5 nitrogen and oxygen atoms in total. The summed E-state index contributed by atoms with van der Waals surface area (Å²) in [5, 5.41) is 4.87. The second-order valence-electron chi connectivity index (χ2n) is 11.3. The highest BCUT2D eigenvalue weighted by Crippen LogP contribution is 2.33. The Bertz CT molecular complexity index is 1640. The Morgan fingerprint density at radius 2 is 1.60 bits per heavy atom. The summed E-state index contributed by atoms with van der Waals surface area (Å²) in [5.74, 6) is 0.436. The van der Waals surface area contributed by atoms with Gasteiger partial charge < -0.3 is 15.1 Å². The maximum absolute atomic E-state index is 14.2. The van der Waals surface area contributed by atoms with Crippen molar-refractivity contribution in [3.63, 3.8) is 0 Å². The predicted molar refractivity (Wildman–Crippen MR) is 166 cm³/mol. The van der Waals surface area contributed by atoms with Gasteiger partial charge in [-0.2, -0.15) is 13.2 Å². The summed E-state index contributed by atoms with van der Waals surface area (Å²) in [7, 11) is 0. The topological polar surface area (TPSA) is 48.5 Å². The number of hydrogen-bond donors (Lipinski definition) is 1. The smallest absolute Gasteiger partial charge is 0.366 e. The summed E-state index contributed by atoms with van der Waals surface area (Å²) in [6.07, 6.45) is -0.0511. The summed E-state index contributed by atoms with van der Waals surface area (Å²) in [5.41, 5.74) is 2.87. The van der Waals surface area contributed by atoms with E-state index in [1.807, 2.05) is 29.2 Å². The van der Waals surface area contributed by atoms with Gasteiger partial charge in [-0.1, -0.05) is 53.5 Å². The minimum atomic E-state index is -4.39. The number of aromatic nitrogens is 1. The lowest BCUT2D eigenvalue weighted by Gasteiger charge is -2.29. The molecule has 1 aromatic heterocycles. The molecule has 0 spiro atoms. The molecule has 1 N–H and O–H groups in total. The normalized spacial score (nSPS) is 17.6. The molecule has 3 heterocycles. The van der Waals surface area contributed by atoms with Gasteiger partial charge in [-0.25, -0.2) is 4.98 Å². The zero-order chi connectivity index (χ0) is 30.1. The Hall–Kier alpha value is -3.33. The van der Waals surface area contributed by atoms with Crippen LogP contribution in [0.1, 0.15) is 47.2 Å². The molecular formula is C33H31Cl2F3N4O. The number of benzene rings is 3. The van der Waals surface area contributed by atoms with E-state index >= 15 is 0 Å². The van der Waals surface area contributed by atoms with Crippen molar-refractivity contribution in [1.29, 1.82) is 0 Å². The average molecular weight is 628 g/mol. The highest BCUT2D eigenvalue weighted by molar-refractivity contribution is 6.42. The molecule has 0 saturated carbocycles. The number of halogens is 5. The number of amides is 1. The van der Waals surface area contributed by atoms with Crippen LogP contribution in [0.25, 0.3) is 22.0 Å². The van der Waals surface area contributed by atoms with E-state index in [-0.39, 0.29) is 18.5 Å². The molecule has 6 rings (SSSR count). The number of rotatable bonds is 7. The van der Waals surface area contributed by atoms with E-state index in [4.69, 9.17) is 28.2 Å². The minimum absolute atomic E-state index is 0.0334. The summed E-state index contributed by atoms with van der Waals surface area (Å²) < 4.78 is 39.1. The molecule has 3 aromatic carbocycles. The Kier molecular flexibility index (Phi) is 8.54. The number of carbonyl (C=O) groups is 1. The zero-order valence-corrected chi connectivity index (χ0v) is 24.9. The van der Waals surface area contributed by atoms with E-state index < -0.39 is 11.7 Å². The number of fused-ring (bicyclic) bond motifs is 1. The SMILES string of the molecule is O=C(c1cc(NCc2ccc(C(F)(F)F)cc2)nc2cc(-c3ccc(Cl)c(Cl)c3)ccc12)N1CCC[C@H]1CN1CCCC1. The first-order chi connectivity index (χ1) is 20.7. The average Bonchev–Trinajstić information content (AvgIpc) is 3.69. The highest BCUT2D eigenvalue weighted by atomic mass is 35.5. The van der Waals surface area contributed by atoms with E-state index in [2.05, 4.69) is 10.2 Å². The lowest BCUT2D eigenvalue weighted by atomic mass is 10.0. The van der Waals surface area contributed by atoms with Crippen molar-refractivity contribution in [2.24, 2.45) is 0 Å². The fraction of sp³-hybridized carbons (Fsp3) is 0.333. The molecule has 2 saturated heterocycles. The maximum atomic E-state index is 14.2. The highest BCUT2D eigenvalue weighted by Gasteiger charge is 2.33.